The van der Waals surface area contributed by atoms with Crippen molar-refractivity contribution in [3.8, 4) is 11.3 Å². The maximum Gasteiger partial charge on any atom is 0.166 e. The molecule has 6 nitrogen and oxygen atoms in total. The second-order valence-corrected chi connectivity index (χ2v) is 9.75. The van der Waals surface area contributed by atoms with Gasteiger partial charge in [0, 0.05) is 51.3 Å². The summed E-state index contributed by atoms with van der Waals surface area (Å²) in [4.78, 5) is 19.1. The van der Waals surface area contributed by atoms with Gasteiger partial charge >= 0.3 is 0 Å². The molecule has 0 radical (unpaired) electrons. The Hall–Kier alpha value is -2.28. The van der Waals surface area contributed by atoms with Crippen molar-refractivity contribution < 1.29 is 0 Å². The van der Waals surface area contributed by atoms with E-state index in [0.29, 0.717) is 0 Å². The Morgan fingerprint density at radius 3 is 2.37 bits per heavy atom. The fourth-order valence-corrected chi connectivity index (χ4v) is 4.65. The van der Waals surface area contributed by atoms with Gasteiger partial charge in [-0.05, 0) is 62.3 Å². The number of hydrogen-bond acceptors (Lipinski definition) is 6. The summed E-state index contributed by atoms with van der Waals surface area (Å²) in [7, 11) is 4.03. The summed E-state index contributed by atoms with van der Waals surface area (Å²) in [6.07, 6.45) is 13.5. The molecule has 0 aliphatic heterocycles. The maximum atomic E-state index is 5.07. The lowest BCUT2D eigenvalue weighted by atomic mass is 10.1. The minimum atomic E-state index is 0.843. The third-order valence-electron chi connectivity index (χ3n) is 6.14. The molecule has 3 aromatic rings. The van der Waals surface area contributed by atoms with Gasteiger partial charge in [0.2, 0.25) is 0 Å². The molecule has 0 amide bonds. The van der Waals surface area contributed by atoms with E-state index in [9.17, 15) is 0 Å². The van der Waals surface area contributed by atoms with E-state index in [1.165, 1.54) is 31.5 Å². The quantitative estimate of drug-likeness (QED) is 0.498. The summed E-state index contributed by atoms with van der Waals surface area (Å²) in [5.74, 6) is 3.89. The first-order valence-corrected chi connectivity index (χ1v) is 12.1. The van der Waals surface area contributed by atoms with Crippen LogP contribution in [-0.4, -0.2) is 52.8 Å². The molecule has 0 saturated heterocycles. The van der Waals surface area contributed by atoms with Crippen molar-refractivity contribution in [3.63, 3.8) is 0 Å². The van der Waals surface area contributed by atoms with Crippen molar-refractivity contribution in [1.82, 2.24) is 19.4 Å². The topological polar surface area (TPSA) is 49.6 Å². The largest absolute Gasteiger partial charge is 0.363 e. The second kappa shape index (κ2) is 7.76. The van der Waals surface area contributed by atoms with Gasteiger partial charge in [0.15, 0.2) is 5.65 Å². The summed E-state index contributed by atoms with van der Waals surface area (Å²) in [5, 5.41) is 1.10. The zero-order valence-corrected chi connectivity index (χ0v) is 19.1. The van der Waals surface area contributed by atoms with Crippen LogP contribution in [0.15, 0.2) is 29.7 Å². The zero-order chi connectivity index (χ0) is 20.8. The highest BCUT2D eigenvalue weighted by Gasteiger charge is 2.32. The molecule has 5 rings (SSSR count). The van der Waals surface area contributed by atoms with Crippen molar-refractivity contribution in [2.45, 2.75) is 37.6 Å². The molecule has 3 aromatic heterocycles. The van der Waals surface area contributed by atoms with Gasteiger partial charge in [-0.25, -0.2) is 9.97 Å². The molecule has 0 atom stereocenters. The molecule has 3 heterocycles. The maximum absolute atomic E-state index is 5.07. The standard InChI is InChI=1S/C23H30N6S/c1-15-11-19(27(2)3)25-12-18(15)20-21-26-22(30-4)23(29(21)10-9-24-20)28(13-16-5-6-16)14-17-7-8-17/h9-12,16-17H,5-8,13-14H2,1-4H3. The van der Waals surface area contributed by atoms with Gasteiger partial charge in [-0.1, -0.05) is 0 Å². The van der Waals surface area contributed by atoms with Crippen LogP contribution in [0.2, 0.25) is 0 Å². The van der Waals surface area contributed by atoms with Crippen LogP contribution in [0.5, 0.6) is 0 Å². The lowest BCUT2D eigenvalue weighted by Gasteiger charge is -2.25. The van der Waals surface area contributed by atoms with E-state index >= 15 is 0 Å². The predicted molar refractivity (Wildman–Crippen MR) is 125 cm³/mol. The first kappa shape index (κ1) is 19.7. The monoisotopic (exact) mass is 422 g/mol. The molecule has 0 N–H and O–H groups in total. The Labute approximate surface area is 182 Å². The minimum absolute atomic E-state index is 0.843. The van der Waals surface area contributed by atoms with Crippen LogP contribution < -0.4 is 9.80 Å². The minimum Gasteiger partial charge on any atom is -0.363 e. The Kier molecular flexibility index (Phi) is 5.09. The van der Waals surface area contributed by atoms with E-state index in [1.807, 2.05) is 31.4 Å². The van der Waals surface area contributed by atoms with Crippen molar-refractivity contribution in [2.24, 2.45) is 11.8 Å². The molecule has 2 aliphatic carbocycles. The Balaban J connectivity index is 1.62. The Bertz CT molecular complexity index is 1050. The van der Waals surface area contributed by atoms with Crippen LogP contribution in [-0.2, 0) is 0 Å². The summed E-state index contributed by atoms with van der Waals surface area (Å²) in [6, 6.07) is 2.12. The van der Waals surface area contributed by atoms with Crippen LogP contribution >= 0.6 is 11.8 Å². The van der Waals surface area contributed by atoms with Gasteiger partial charge in [-0.3, -0.25) is 9.38 Å². The van der Waals surface area contributed by atoms with E-state index < -0.39 is 0 Å². The van der Waals surface area contributed by atoms with Crippen molar-refractivity contribution in [3.05, 3.63) is 30.2 Å². The molecule has 0 spiro atoms. The van der Waals surface area contributed by atoms with E-state index in [2.05, 4.69) is 39.7 Å². The molecule has 2 saturated carbocycles. The summed E-state index contributed by atoms with van der Waals surface area (Å²) >= 11 is 1.74. The van der Waals surface area contributed by atoms with Crippen LogP contribution in [0.3, 0.4) is 0 Å². The lowest BCUT2D eigenvalue weighted by molar-refractivity contribution is 0.663. The smallest absolute Gasteiger partial charge is 0.166 e. The first-order valence-electron chi connectivity index (χ1n) is 10.9. The van der Waals surface area contributed by atoms with Crippen LogP contribution in [0, 0.1) is 18.8 Å². The van der Waals surface area contributed by atoms with E-state index in [-0.39, 0.29) is 0 Å². The van der Waals surface area contributed by atoms with E-state index in [1.54, 1.807) is 11.8 Å². The average Bonchev–Trinajstić information content (AvgIpc) is 3.66. The number of nitrogens with zero attached hydrogens (tertiary/aromatic N) is 6. The molecule has 0 aromatic carbocycles. The van der Waals surface area contributed by atoms with Crippen molar-refractivity contribution >= 4 is 29.0 Å². The Morgan fingerprint density at radius 1 is 1.10 bits per heavy atom. The number of rotatable bonds is 8. The highest BCUT2D eigenvalue weighted by atomic mass is 32.2. The van der Waals surface area contributed by atoms with E-state index in [0.717, 1.165) is 58.2 Å². The molecular weight excluding hydrogens is 392 g/mol. The summed E-state index contributed by atoms with van der Waals surface area (Å²) in [6.45, 7) is 4.42. The third-order valence-corrected chi connectivity index (χ3v) is 6.80. The van der Waals surface area contributed by atoms with Gasteiger partial charge < -0.3 is 9.80 Å². The average molecular weight is 423 g/mol. The van der Waals surface area contributed by atoms with Crippen molar-refractivity contribution in [1.29, 1.82) is 0 Å². The molecule has 158 valence electrons. The fraction of sp³-hybridized carbons (Fsp3) is 0.522. The van der Waals surface area contributed by atoms with Gasteiger partial charge in [0.05, 0.1) is 0 Å². The van der Waals surface area contributed by atoms with Crippen LogP contribution in [0.25, 0.3) is 16.9 Å². The van der Waals surface area contributed by atoms with Crippen LogP contribution in [0.4, 0.5) is 11.6 Å². The zero-order valence-electron chi connectivity index (χ0n) is 18.3. The molecular formula is C23H30N6S. The van der Waals surface area contributed by atoms with Crippen molar-refractivity contribution in [2.75, 3.05) is 43.2 Å². The third kappa shape index (κ3) is 3.75. The molecule has 2 aliphatic rings. The number of hydrogen-bond donors (Lipinski definition) is 0. The first-order chi connectivity index (χ1) is 14.5. The van der Waals surface area contributed by atoms with Crippen LogP contribution in [0.1, 0.15) is 31.2 Å². The predicted octanol–water partition coefficient (Wildman–Crippen LogP) is 4.51. The van der Waals surface area contributed by atoms with Gasteiger partial charge in [-0.2, -0.15) is 0 Å². The van der Waals surface area contributed by atoms with Gasteiger partial charge in [-0.15, -0.1) is 11.8 Å². The normalized spacial score (nSPS) is 16.3. The highest BCUT2D eigenvalue weighted by molar-refractivity contribution is 7.98. The number of anilines is 2. The highest BCUT2D eigenvalue weighted by Crippen LogP contribution is 2.40. The lowest BCUT2D eigenvalue weighted by Crippen LogP contribution is -2.29. The number of aromatic nitrogens is 4. The number of thioether (sulfide) groups is 1. The molecule has 30 heavy (non-hydrogen) atoms. The molecule has 7 heteroatoms. The fourth-order valence-electron chi connectivity index (χ4n) is 4.06. The molecule has 0 bridgehead atoms. The second-order valence-electron chi connectivity index (χ2n) is 8.96. The summed E-state index contributed by atoms with van der Waals surface area (Å²) < 4.78 is 2.26. The van der Waals surface area contributed by atoms with E-state index in [4.69, 9.17) is 9.97 Å². The Morgan fingerprint density at radius 2 is 1.80 bits per heavy atom. The number of fused-ring (bicyclic) bond motifs is 1. The van der Waals surface area contributed by atoms with Gasteiger partial charge in [0.1, 0.15) is 22.4 Å². The summed E-state index contributed by atoms with van der Waals surface area (Å²) in [5.41, 5.74) is 4.05. The van der Waals surface area contributed by atoms with Gasteiger partial charge in [0.25, 0.3) is 0 Å². The molecule has 0 unspecified atom stereocenters. The number of pyridine rings is 1. The molecule has 2 fully saturated rings. The number of imidazole rings is 1. The number of aryl methyl sites for hydroxylation is 1. The SMILES string of the molecule is CSc1nc2c(-c3cnc(N(C)C)cc3C)nccn2c1N(CC1CC1)CC1CC1.